The van der Waals surface area contributed by atoms with Crippen LogP contribution in [0.4, 0.5) is 0 Å². The van der Waals surface area contributed by atoms with Gasteiger partial charge in [0.25, 0.3) is 0 Å². The monoisotopic (exact) mass is 394 g/mol. The Labute approximate surface area is 130 Å². The summed E-state index contributed by atoms with van der Waals surface area (Å²) in [5.74, 6) is 0. The quantitative estimate of drug-likeness (QED) is 0.398. The van der Waals surface area contributed by atoms with Crippen LogP contribution in [0.2, 0.25) is 0 Å². The molecule has 0 amide bonds. The molecule has 0 nitrogen and oxygen atoms in total. The molecule has 0 N–H and O–H groups in total. The smallest absolute Gasteiger partial charge is 0.101 e. The highest BCUT2D eigenvalue weighted by molar-refractivity contribution is 8.79. The van der Waals surface area contributed by atoms with Gasteiger partial charge in [-0.05, 0) is 21.6 Å². The highest BCUT2D eigenvalue weighted by Gasteiger charge is 2.40. The van der Waals surface area contributed by atoms with Crippen LogP contribution in [0.25, 0.3) is 0 Å². The highest BCUT2D eigenvalue weighted by atomic mass is 35.6. The zero-order chi connectivity index (χ0) is 11.6. The van der Waals surface area contributed by atoms with Crippen LogP contribution >= 0.6 is 114 Å². The van der Waals surface area contributed by atoms with Crippen LogP contribution in [0.3, 0.4) is 0 Å². The maximum Gasteiger partial charge on any atom is 0.202 e. The molecule has 0 heterocycles. The van der Waals surface area contributed by atoms with Gasteiger partial charge < -0.3 is 0 Å². The van der Waals surface area contributed by atoms with E-state index in [1.165, 1.54) is 0 Å². The molecular formula is C4H2Cl8S2. The van der Waals surface area contributed by atoms with Crippen molar-refractivity contribution in [1.82, 2.24) is 0 Å². The molecule has 0 aromatic rings. The van der Waals surface area contributed by atoms with E-state index in [0.717, 1.165) is 21.6 Å². The Balaban J connectivity index is 4.18. The van der Waals surface area contributed by atoms with Crippen molar-refractivity contribution in [3.8, 4) is 0 Å². The molecule has 0 aliphatic heterocycles. The van der Waals surface area contributed by atoms with Gasteiger partial charge in [0.2, 0.25) is 7.33 Å². The Morgan fingerprint density at radius 2 is 0.857 bits per heavy atom. The molecule has 0 saturated heterocycles. The summed E-state index contributed by atoms with van der Waals surface area (Å²) in [6, 6.07) is 0. The van der Waals surface area contributed by atoms with Gasteiger partial charge in [0.15, 0.2) is 9.67 Å². The van der Waals surface area contributed by atoms with Gasteiger partial charge in [-0.15, -0.1) is 46.4 Å². The molecular weight excluding hydrogens is 396 g/mol. The molecule has 10 heteroatoms. The Hall–Kier alpha value is 3.02. The molecule has 0 aliphatic carbocycles. The van der Waals surface area contributed by atoms with Crippen LogP contribution < -0.4 is 0 Å². The summed E-state index contributed by atoms with van der Waals surface area (Å²) in [5, 5.41) is 0. The van der Waals surface area contributed by atoms with Crippen molar-refractivity contribution in [2.75, 3.05) is 0 Å². The first-order valence-corrected chi connectivity index (χ1v) is 8.19. The third-order valence-electron chi connectivity index (χ3n) is 0.772. The van der Waals surface area contributed by atoms with Crippen molar-refractivity contribution in [3.05, 3.63) is 0 Å². The summed E-state index contributed by atoms with van der Waals surface area (Å²) in [7, 11) is 1.75. The fourth-order valence-corrected chi connectivity index (χ4v) is 4.10. The highest BCUT2D eigenvalue weighted by Crippen LogP contribution is 2.57. The standard InChI is InChI=1S/C4H2Cl8S2/c5-1(6)3(9,10)13-14-4(11,12)2(7)8/h1-2H. The second-order valence-electron chi connectivity index (χ2n) is 1.89. The summed E-state index contributed by atoms with van der Waals surface area (Å²) < 4.78 is -2.88. The summed E-state index contributed by atoms with van der Waals surface area (Å²) in [6.07, 6.45) is 0. The molecule has 0 bridgehead atoms. The first-order valence-electron chi connectivity index (χ1n) is 2.78. The first-order chi connectivity index (χ1) is 6.09. The van der Waals surface area contributed by atoms with Gasteiger partial charge in [-0.2, -0.15) is 0 Å². The normalized spacial score (nSPS) is 14.1. The van der Waals surface area contributed by atoms with Crippen LogP contribution in [-0.2, 0) is 0 Å². The lowest BCUT2D eigenvalue weighted by Crippen LogP contribution is -2.20. The molecule has 0 aromatic carbocycles. The van der Waals surface area contributed by atoms with Crippen molar-refractivity contribution in [3.63, 3.8) is 0 Å². The van der Waals surface area contributed by atoms with Gasteiger partial charge >= 0.3 is 0 Å². The molecule has 0 atom stereocenters. The van der Waals surface area contributed by atoms with E-state index < -0.39 is 17.0 Å². The lowest BCUT2D eigenvalue weighted by Gasteiger charge is -2.24. The van der Waals surface area contributed by atoms with Crippen LogP contribution in [-0.4, -0.2) is 17.0 Å². The van der Waals surface area contributed by atoms with E-state index in [0.29, 0.717) is 0 Å². The summed E-state index contributed by atoms with van der Waals surface area (Å²) in [6.45, 7) is 0. The second kappa shape index (κ2) is 6.82. The first kappa shape index (κ1) is 17.0. The summed E-state index contributed by atoms with van der Waals surface area (Å²) in [5.41, 5.74) is 0. The van der Waals surface area contributed by atoms with Gasteiger partial charge in [0.1, 0.15) is 0 Å². The van der Waals surface area contributed by atoms with E-state index in [-0.39, 0.29) is 0 Å². The average molecular weight is 398 g/mol. The third kappa shape index (κ3) is 6.09. The predicted octanol–water partition coefficient (Wildman–Crippen LogP) is 6.24. The minimum atomic E-state index is -1.44. The van der Waals surface area contributed by atoms with Gasteiger partial charge in [-0.1, -0.05) is 46.4 Å². The second-order valence-corrected chi connectivity index (χ2v) is 10.4. The predicted molar refractivity (Wildman–Crippen MR) is 75.0 cm³/mol. The van der Waals surface area contributed by atoms with E-state index in [4.69, 9.17) is 92.8 Å². The Morgan fingerprint density at radius 1 is 0.643 bits per heavy atom. The van der Waals surface area contributed by atoms with E-state index >= 15 is 0 Å². The van der Waals surface area contributed by atoms with Crippen LogP contribution in [0, 0.1) is 0 Å². The van der Waals surface area contributed by atoms with Crippen molar-refractivity contribution in [2.45, 2.75) is 17.0 Å². The molecule has 0 aliphatic rings. The lowest BCUT2D eigenvalue weighted by atomic mass is 10.9. The van der Waals surface area contributed by atoms with E-state index in [2.05, 4.69) is 0 Å². The van der Waals surface area contributed by atoms with Crippen molar-refractivity contribution >= 4 is 114 Å². The molecule has 0 fully saturated rings. The zero-order valence-electron chi connectivity index (χ0n) is 5.99. The van der Waals surface area contributed by atoms with Crippen LogP contribution in [0.5, 0.6) is 0 Å². The number of alkyl halides is 8. The number of hydrogen-bond acceptors (Lipinski definition) is 2. The molecule has 0 aromatic heterocycles. The maximum atomic E-state index is 5.72. The molecule has 0 unspecified atom stereocenters. The molecule has 14 heavy (non-hydrogen) atoms. The molecule has 0 radical (unpaired) electrons. The van der Waals surface area contributed by atoms with Gasteiger partial charge in [0, 0.05) is 0 Å². The van der Waals surface area contributed by atoms with E-state index in [9.17, 15) is 0 Å². The summed E-state index contributed by atoms with van der Waals surface area (Å²) >= 11 is 44.9. The topological polar surface area (TPSA) is 0 Å². The van der Waals surface area contributed by atoms with E-state index in [1.54, 1.807) is 0 Å². The Morgan fingerprint density at radius 3 is 1.00 bits per heavy atom. The number of hydrogen-bond donors (Lipinski definition) is 0. The van der Waals surface area contributed by atoms with Crippen molar-refractivity contribution < 1.29 is 0 Å². The average Bonchev–Trinajstić information content (AvgIpc) is 2.01. The fraction of sp³-hybridized carbons (Fsp3) is 1.00. The number of rotatable bonds is 5. The van der Waals surface area contributed by atoms with Gasteiger partial charge in [0.05, 0.1) is 0 Å². The maximum absolute atomic E-state index is 5.72. The lowest BCUT2D eigenvalue weighted by molar-refractivity contribution is 1.20. The van der Waals surface area contributed by atoms with Crippen molar-refractivity contribution in [1.29, 1.82) is 0 Å². The largest absolute Gasteiger partial charge is 0.202 e. The molecule has 86 valence electrons. The molecule has 0 rings (SSSR count). The van der Waals surface area contributed by atoms with Gasteiger partial charge in [-0.25, -0.2) is 0 Å². The summed E-state index contributed by atoms with van der Waals surface area (Å²) in [4.78, 5) is -2.01. The van der Waals surface area contributed by atoms with Crippen molar-refractivity contribution in [2.24, 2.45) is 0 Å². The number of halogens is 8. The van der Waals surface area contributed by atoms with Crippen LogP contribution in [0.1, 0.15) is 0 Å². The fourth-order valence-electron chi connectivity index (χ4n) is 0.184. The zero-order valence-corrected chi connectivity index (χ0v) is 13.7. The van der Waals surface area contributed by atoms with Crippen LogP contribution in [0.15, 0.2) is 0 Å². The van der Waals surface area contributed by atoms with Gasteiger partial charge in [-0.3, -0.25) is 0 Å². The SMILES string of the molecule is ClC(Cl)C(Cl)(Cl)SSC(Cl)(Cl)C(Cl)Cl. The molecule has 0 saturated carbocycles. The molecule has 0 spiro atoms. The Kier molecular flexibility index (Phi) is 8.29. The minimum absolute atomic E-state index is 0.873. The van der Waals surface area contributed by atoms with E-state index in [1.807, 2.05) is 0 Å². The minimum Gasteiger partial charge on any atom is -0.101 e. The Bertz CT molecular complexity index is 160. The third-order valence-corrected chi connectivity index (χ3v) is 9.22.